The molecule has 1 aliphatic heterocycles. The molecule has 1 aromatic carbocycles. The van der Waals surface area contributed by atoms with Crippen LogP contribution >= 0.6 is 0 Å². The van der Waals surface area contributed by atoms with Gasteiger partial charge in [-0.2, -0.15) is 0 Å². The molecule has 25 heavy (non-hydrogen) atoms. The number of nitrogens with one attached hydrogen (secondary N) is 2. The molecule has 2 N–H and O–H groups in total. The largest absolute Gasteiger partial charge is 0.380 e. The Kier molecular flexibility index (Phi) is 5.95. The van der Waals surface area contributed by atoms with Crippen LogP contribution in [0.4, 0.5) is 15.8 Å². The molecule has 1 amide bonds. The van der Waals surface area contributed by atoms with E-state index in [1.54, 1.807) is 24.5 Å². The average Bonchev–Trinajstić information content (AvgIpc) is 3.14. The van der Waals surface area contributed by atoms with Crippen molar-refractivity contribution < 1.29 is 13.9 Å². The summed E-state index contributed by atoms with van der Waals surface area (Å²) < 4.78 is 19.7. The van der Waals surface area contributed by atoms with Crippen LogP contribution in [-0.2, 0) is 16.0 Å². The van der Waals surface area contributed by atoms with Crippen LogP contribution in [0.15, 0.2) is 42.7 Å². The van der Waals surface area contributed by atoms with Crippen molar-refractivity contribution in [3.8, 4) is 0 Å². The molecule has 132 valence electrons. The SMILES string of the molecule is O=C(CCc1ccncc1)Nc1ccc(NCC2CCCO2)c(F)c1. The van der Waals surface area contributed by atoms with E-state index >= 15 is 0 Å². The summed E-state index contributed by atoms with van der Waals surface area (Å²) >= 11 is 0. The highest BCUT2D eigenvalue weighted by Gasteiger charge is 2.15. The number of halogens is 1. The molecule has 1 fully saturated rings. The van der Waals surface area contributed by atoms with Crippen molar-refractivity contribution in [1.82, 2.24) is 4.98 Å². The minimum Gasteiger partial charge on any atom is -0.380 e. The third-order valence-electron chi connectivity index (χ3n) is 4.19. The highest BCUT2D eigenvalue weighted by molar-refractivity contribution is 5.91. The number of pyridine rings is 1. The van der Waals surface area contributed by atoms with E-state index in [1.807, 2.05) is 12.1 Å². The fourth-order valence-electron chi connectivity index (χ4n) is 2.80. The molecule has 0 bridgehead atoms. The van der Waals surface area contributed by atoms with Gasteiger partial charge in [0.2, 0.25) is 5.91 Å². The van der Waals surface area contributed by atoms with Gasteiger partial charge in [-0.1, -0.05) is 0 Å². The van der Waals surface area contributed by atoms with Gasteiger partial charge in [-0.05, 0) is 55.2 Å². The zero-order valence-electron chi connectivity index (χ0n) is 14.0. The van der Waals surface area contributed by atoms with Gasteiger partial charge in [0.25, 0.3) is 0 Å². The second kappa shape index (κ2) is 8.58. The lowest BCUT2D eigenvalue weighted by Gasteiger charge is -2.13. The van der Waals surface area contributed by atoms with Crippen LogP contribution in [0.5, 0.6) is 0 Å². The molecular weight excluding hydrogens is 321 g/mol. The minimum absolute atomic E-state index is 0.142. The molecule has 1 unspecified atom stereocenters. The first-order valence-electron chi connectivity index (χ1n) is 8.54. The number of aryl methyl sites for hydroxylation is 1. The van der Waals surface area contributed by atoms with Gasteiger partial charge < -0.3 is 15.4 Å². The molecule has 2 heterocycles. The van der Waals surface area contributed by atoms with Crippen LogP contribution in [0.2, 0.25) is 0 Å². The lowest BCUT2D eigenvalue weighted by atomic mass is 10.1. The predicted octanol–water partition coefficient (Wildman–Crippen LogP) is 3.38. The van der Waals surface area contributed by atoms with Crippen LogP contribution < -0.4 is 10.6 Å². The summed E-state index contributed by atoms with van der Waals surface area (Å²) in [4.78, 5) is 15.9. The van der Waals surface area contributed by atoms with E-state index in [-0.39, 0.29) is 17.8 Å². The summed E-state index contributed by atoms with van der Waals surface area (Å²) in [6.45, 7) is 1.37. The van der Waals surface area contributed by atoms with Crippen LogP contribution in [-0.4, -0.2) is 30.1 Å². The van der Waals surface area contributed by atoms with Crippen molar-refractivity contribution in [1.29, 1.82) is 0 Å². The maximum Gasteiger partial charge on any atom is 0.224 e. The van der Waals surface area contributed by atoms with Crippen molar-refractivity contribution in [3.63, 3.8) is 0 Å². The summed E-state index contributed by atoms with van der Waals surface area (Å²) in [6.07, 6.45) is 6.56. The number of hydrogen-bond donors (Lipinski definition) is 2. The maximum atomic E-state index is 14.2. The molecule has 0 spiro atoms. The standard InChI is InChI=1S/C19H22FN3O2/c20-17-12-15(4-5-18(17)22-13-16-2-1-11-25-16)23-19(24)6-3-14-7-9-21-10-8-14/h4-5,7-10,12,16,22H,1-3,6,11,13H2,(H,23,24). The van der Waals surface area contributed by atoms with Gasteiger partial charge in [0.1, 0.15) is 5.82 Å². The summed E-state index contributed by atoms with van der Waals surface area (Å²) in [7, 11) is 0. The number of aromatic nitrogens is 1. The van der Waals surface area contributed by atoms with E-state index in [1.165, 1.54) is 6.07 Å². The van der Waals surface area contributed by atoms with E-state index < -0.39 is 0 Å². The van der Waals surface area contributed by atoms with Crippen molar-refractivity contribution in [2.24, 2.45) is 0 Å². The summed E-state index contributed by atoms with van der Waals surface area (Å²) in [5.74, 6) is -0.527. The van der Waals surface area contributed by atoms with Crippen molar-refractivity contribution in [3.05, 3.63) is 54.1 Å². The summed E-state index contributed by atoms with van der Waals surface area (Å²) in [5.41, 5.74) is 1.93. The van der Waals surface area contributed by atoms with Crippen LogP contribution in [0.25, 0.3) is 0 Å². The minimum atomic E-state index is -0.384. The van der Waals surface area contributed by atoms with Crippen LogP contribution in [0.3, 0.4) is 0 Å². The highest BCUT2D eigenvalue weighted by atomic mass is 19.1. The highest BCUT2D eigenvalue weighted by Crippen LogP contribution is 2.20. The monoisotopic (exact) mass is 343 g/mol. The van der Waals surface area contributed by atoms with E-state index in [4.69, 9.17) is 4.74 Å². The molecule has 0 saturated carbocycles. The number of rotatable bonds is 7. The molecule has 0 radical (unpaired) electrons. The van der Waals surface area contributed by atoms with Crippen LogP contribution in [0, 0.1) is 5.82 Å². The molecule has 1 aromatic heterocycles. The fourth-order valence-corrected chi connectivity index (χ4v) is 2.80. The number of hydrogen-bond acceptors (Lipinski definition) is 4. The number of benzene rings is 1. The Labute approximate surface area is 146 Å². The van der Waals surface area contributed by atoms with E-state index in [0.717, 1.165) is 25.0 Å². The molecule has 6 heteroatoms. The van der Waals surface area contributed by atoms with Gasteiger partial charge in [0.15, 0.2) is 0 Å². The lowest BCUT2D eigenvalue weighted by Crippen LogP contribution is -2.19. The Bertz CT molecular complexity index is 703. The average molecular weight is 343 g/mol. The Morgan fingerprint density at radius 3 is 2.84 bits per heavy atom. The van der Waals surface area contributed by atoms with Crippen molar-refractivity contribution >= 4 is 17.3 Å². The third kappa shape index (κ3) is 5.26. The van der Waals surface area contributed by atoms with Gasteiger partial charge in [0.05, 0.1) is 11.8 Å². The quantitative estimate of drug-likeness (QED) is 0.809. The zero-order valence-corrected chi connectivity index (χ0v) is 14.0. The van der Waals surface area contributed by atoms with Gasteiger partial charge in [-0.15, -0.1) is 0 Å². The lowest BCUT2D eigenvalue weighted by molar-refractivity contribution is -0.116. The molecule has 2 aromatic rings. The first-order chi connectivity index (χ1) is 12.2. The van der Waals surface area contributed by atoms with Gasteiger partial charge in [-0.25, -0.2) is 4.39 Å². The van der Waals surface area contributed by atoms with Crippen LogP contribution in [0.1, 0.15) is 24.8 Å². The van der Waals surface area contributed by atoms with Gasteiger partial charge >= 0.3 is 0 Å². The molecule has 0 aliphatic carbocycles. The predicted molar refractivity (Wildman–Crippen MR) is 95.1 cm³/mol. The second-order valence-electron chi connectivity index (χ2n) is 6.11. The first-order valence-corrected chi connectivity index (χ1v) is 8.54. The second-order valence-corrected chi connectivity index (χ2v) is 6.11. The number of carbonyl (C=O) groups excluding carboxylic acids is 1. The van der Waals surface area contributed by atoms with Gasteiger partial charge in [0, 0.05) is 37.7 Å². The fraction of sp³-hybridized carbons (Fsp3) is 0.368. The Morgan fingerprint density at radius 2 is 2.12 bits per heavy atom. The Hall–Kier alpha value is -2.47. The smallest absolute Gasteiger partial charge is 0.224 e. The summed E-state index contributed by atoms with van der Waals surface area (Å²) in [5, 5.41) is 5.79. The number of anilines is 2. The normalized spacial score (nSPS) is 16.6. The Balaban J connectivity index is 1.48. The van der Waals surface area contributed by atoms with Crippen molar-refractivity contribution in [2.45, 2.75) is 31.8 Å². The molecule has 1 aliphatic rings. The zero-order chi connectivity index (χ0) is 17.5. The number of nitrogens with zero attached hydrogens (tertiary/aromatic N) is 1. The molecule has 1 atom stereocenters. The molecule has 3 rings (SSSR count). The van der Waals surface area contributed by atoms with Gasteiger partial charge in [-0.3, -0.25) is 9.78 Å². The van der Waals surface area contributed by atoms with E-state index in [2.05, 4.69) is 15.6 Å². The number of amides is 1. The summed E-state index contributed by atoms with van der Waals surface area (Å²) in [6, 6.07) is 8.43. The van der Waals surface area contributed by atoms with E-state index in [9.17, 15) is 9.18 Å². The molecular formula is C19H22FN3O2. The third-order valence-corrected chi connectivity index (χ3v) is 4.19. The number of ether oxygens (including phenoxy) is 1. The van der Waals surface area contributed by atoms with Crippen molar-refractivity contribution in [2.75, 3.05) is 23.8 Å². The maximum absolute atomic E-state index is 14.2. The molecule has 1 saturated heterocycles. The van der Waals surface area contributed by atoms with E-state index in [0.29, 0.717) is 30.8 Å². The number of carbonyl (C=O) groups is 1. The topological polar surface area (TPSA) is 63.2 Å². The molecule has 5 nitrogen and oxygen atoms in total. The first kappa shape index (κ1) is 17.4. The Morgan fingerprint density at radius 1 is 1.28 bits per heavy atom.